The Labute approximate surface area is 126 Å². The van der Waals surface area contributed by atoms with Crippen molar-refractivity contribution in [3.63, 3.8) is 0 Å². The molecule has 0 aliphatic carbocycles. The Hall–Kier alpha value is -1.94. The van der Waals surface area contributed by atoms with Crippen LogP contribution >= 0.6 is 0 Å². The van der Waals surface area contributed by atoms with Crippen molar-refractivity contribution in [1.82, 2.24) is 9.97 Å². The predicted molar refractivity (Wildman–Crippen MR) is 85.3 cm³/mol. The number of anilines is 1. The van der Waals surface area contributed by atoms with Crippen molar-refractivity contribution in [1.29, 1.82) is 0 Å². The number of nitrogens with one attached hydrogen (secondary N) is 1. The van der Waals surface area contributed by atoms with E-state index in [-0.39, 0.29) is 0 Å². The van der Waals surface area contributed by atoms with Gasteiger partial charge in [-0.3, -0.25) is 4.98 Å². The van der Waals surface area contributed by atoms with Crippen molar-refractivity contribution < 1.29 is 4.74 Å². The molecule has 2 aromatic rings. The van der Waals surface area contributed by atoms with Crippen LogP contribution in [0.4, 0.5) is 5.82 Å². The van der Waals surface area contributed by atoms with Gasteiger partial charge in [0, 0.05) is 12.7 Å². The number of ether oxygens (including phenoxy) is 1. The minimum absolute atomic E-state index is 0.412. The summed E-state index contributed by atoms with van der Waals surface area (Å²) in [6.45, 7) is 8.29. The lowest BCUT2D eigenvalue weighted by atomic mass is 10.2. The van der Waals surface area contributed by atoms with Gasteiger partial charge in [-0.05, 0) is 25.3 Å². The van der Waals surface area contributed by atoms with Gasteiger partial charge in [0.2, 0.25) is 0 Å². The summed E-state index contributed by atoms with van der Waals surface area (Å²) in [5.41, 5.74) is 3.06. The Morgan fingerprint density at radius 2 is 1.95 bits per heavy atom. The lowest BCUT2D eigenvalue weighted by Gasteiger charge is -2.14. The first-order chi connectivity index (χ1) is 10.1. The van der Waals surface area contributed by atoms with Crippen molar-refractivity contribution >= 4 is 5.82 Å². The van der Waals surface area contributed by atoms with Crippen LogP contribution in [0, 0.1) is 19.8 Å². The van der Waals surface area contributed by atoms with Crippen LogP contribution in [-0.2, 0) is 11.3 Å². The van der Waals surface area contributed by atoms with Crippen LogP contribution in [0.2, 0.25) is 0 Å². The van der Waals surface area contributed by atoms with Crippen molar-refractivity contribution in [2.75, 3.05) is 18.5 Å². The minimum atomic E-state index is 0.412. The van der Waals surface area contributed by atoms with Crippen LogP contribution < -0.4 is 5.32 Å². The molecule has 0 saturated carbocycles. The molecule has 112 valence electrons. The number of benzene rings is 1. The van der Waals surface area contributed by atoms with E-state index >= 15 is 0 Å². The number of hydrogen-bond donors (Lipinski definition) is 1. The smallest absolute Gasteiger partial charge is 0.147 e. The molecule has 2 rings (SSSR count). The van der Waals surface area contributed by atoms with Crippen LogP contribution in [0.1, 0.15) is 23.9 Å². The molecule has 21 heavy (non-hydrogen) atoms. The van der Waals surface area contributed by atoms with Gasteiger partial charge in [0.05, 0.1) is 24.6 Å². The fraction of sp³-hybridized carbons (Fsp3) is 0.412. The first-order valence-corrected chi connectivity index (χ1v) is 7.31. The largest absolute Gasteiger partial charge is 0.376 e. The lowest BCUT2D eigenvalue weighted by molar-refractivity contribution is 0.0954. The molecule has 0 fully saturated rings. The van der Waals surface area contributed by atoms with E-state index in [2.05, 4.69) is 34.3 Å². The van der Waals surface area contributed by atoms with Crippen LogP contribution in [0.25, 0.3) is 0 Å². The van der Waals surface area contributed by atoms with E-state index in [0.29, 0.717) is 12.5 Å². The highest BCUT2D eigenvalue weighted by Crippen LogP contribution is 2.10. The standard InChI is InChI=1S/C17H23N3O/c1-13(11-21-12-16-7-5-4-6-8-16)9-19-17-15(3)18-10-14(2)20-17/h4-8,10,13H,9,11-12H2,1-3H3,(H,19,20). The molecular formula is C17H23N3O. The highest BCUT2D eigenvalue weighted by molar-refractivity contribution is 5.39. The number of nitrogens with zero attached hydrogens (tertiary/aromatic N) is 2. The zero-order valence-electron chi connectivity index (χ0n) is 13.0. The van der Waals surface area contributed by atoms with Gasteiger partial charge in [0.25, 0.3) is 0 Å². The summed E-state index contributed by atoms with van der Waals surface area (Å²) in [5.74, 6) is 1.28. The Kier molecular flexibility index (Phi) is 5.69. The SMILES string of the molecule is Cc1cnc(C)c(NCC(C)COCc2ccccc2)n1. The Morgan fingerprint density at radius 3 is 2.71 bits per heavy atom. The van der Waals surface area contributed by atoms with Gasteiger partial charge in [-0.1, -0.05) is 37.3 Å². The molecule has 0 radical (unpaired) electrons. The monoisotopic (exact) mass is 285 g/mol. The molecule has 0 saturated heterocycles. The van der Waals surface area contributed by atoms with E-state index < -0.39 is 0 Å². The zero-order valence-corrected chi connectivity index (χ0v) is 13.0. The first-order valence-electron chi connectivity index (χ1n) is 7.31. The summed E-state index contributed by atoms with van der Waals surface area (Å²) in [7, 11) is 0. The third kappa shape index (κ3) is 5.16. The van der Waals surface area contributed by atoms with Gasteiger partial charge in [0.15, 0.2) is 0 Å². The number of hydrogen-bond acceptors (Lipinski definition) is 4. The minimum Gasteiger partial charge on any atom is -0.376 e. The number of aryl methyl sites for hydroxylation is 2. The van der Waals surface area contributed by atoms with Crippen molar-refractivity contribution in [2.45, 2.75) is 27.4 Å². The molecule has 0 aliphatic rings. The summed E-state index contributed by atoms with van der Waals surface area (Å²) in [6.07, 6.45) is 1.78. The maximum Gasteiger partial charge on any atom is 0.147 e. The van der Waals surface area contributed by atoms with Gasteiger partial charge in [-0.2, -0.15) is 0 Å². The third-order valence-electron chi connectivity index (χ3n) is 3.21. The van der Waals surface area contributed by atoms with Gasteiger partial charge in [-0.25, -0.2) is 4.98 Å². The lowest BCUT2D eigenvalue weighted by Crippen LogP contribution is -2.18. The molecule has 1 unspecified atom stereocenters. The highest BCUT2D eigenvalue weighted by atomic mass is 16.5. The second-order valence-electron chi connectivity index (χ2n) is 5.43. The zero-order chi connectivity index (χ0) is 15.1. The van der Waals surface area contributed by atoms with Gasteiger partial charge in [-0.15, -0.1) is 0 Å². The average Bonchev–Trinajstić information content (AvgIpc) is 2.49. The summed E-state index contributed by atoms with van der Waals surface area (Å²) in [5, 5.41) is 3.35. The van der Waals surface area contributed by atoms with E-state index in [1.807, 2.05) is 32.0 Å². The van der Waals surface area contributed by atoms with Crippen LogP contribution in [0.3, 0.4) is 0 Å². The molecule has 1 aromatic carbocycles. The molecule has 0 spiro atoms. The summed E-state index contributed by atoms with van der Waals surface area (Å²) in [6, 6.07) is 10.2. The van der Waals surface area contributed by atoms with E-state index in [1.165, 1.54) is 5.56 Å². The molecule has 1 atom stereocenters. The maximum absolute atomic E-state index is 5.75. The van der Waals surface area contributed by atoms with Crippen LogP contribution in [0.15, 0.2) is 36.5 Å². The summed E-state index contributed by atoms with van der Waals surface area (Å²) >= 11 is 0. The average molecular weight is 285 g/mol. The van der Waals surface area contributed by atoms with Gasteiger partial charge >= 0.3 is 0 Å². The summed E-state index contributed by atoms with van der Waals surface area (Å²) < 4.78 is 5.75. The third-order valence-corrected chi connectivity index (χ3v) is 3.21. The quantitative estimate of drug-likeness (QED) is 0.847. The van der Waals surface area contributed by atoms with Crippen LogP contribution in [-0.4, -0.2) is 23.1 Å². The van der Waals surface area contributed by atoms with E-state index in [1.54, 1.807) is 6.20 Å². The predicted octanol–water partition coefficient (Wildman–Crippen LogP) is 3.36. The highest BCUT2D eigenvalue weighted by Gasteiger charge is 2.06. The van der Waals surface area contributed by atoms with Crippen molar-refractivity contribution in [3.05, 3.63) is 53.5 Å². The fourth-order valence-corrected chi connectivity index (χ4v) is 1.99. The molecule has 1 aromatic heterocycles. The molecule has 1 heterocycles. The molecule has 0 amide bonds. The van der Waals surface area contributed by atoms with E-state index in [9.17, 15) is 0 Å². The Balaban J connectivity index is 1.72. The topological polar surface area (TPSA) is 47.0 Å². The van der Waals surface area contributed by atoms with E-state index in [4.69, 9.17) is 4.74 Å². The molecule has 0 bridgehead atoms. The molecule has 4 heteroatoms. The second-order valence-corrected chi connectivity index (χ2v) is 5.43. The van der Waals surface area contributed by atoms with Gasteiger partial charge < -0.3 is 10.1 Å². The molecular weight excluding hydrogens is 262 g/mol. The second kappa shape index (κ2) is 7.74. The van der Waals surface area contributed by atoms with E-state index in [0.717, 1.165) is 30.4 Å². The van der Waals surface area contributed by atoms with Crippen molar-refractivity contribution in [2.24, 2.45) is 5.92 Å². The fourth-order valence-electron chi connectivity index (χ4n) is 1.99. The molecule has 4 nitrogen and oxygen atoms in total. The number of rotatable bonds is 7. The normalized spacial score (nSPS) is 12.1. The molecule has 0 aliphatic heterocycles. The van der Waals surface area contributed by atoms with Crippen molar-refractivity contribution in [3.8, 4) is 0 Å². The summed E-state index contributed by atoms with van der Waals surface area (Å²) in [4.78, 5) is 8.76. The maximum atomic E-state index is 5.75. The van der Waals surface area contributed by atoms with Crippen LogP contribution in [0.5, 0.6) is 0 Å². The Bertz CT molecular complexity index is 557. The number of aromatic nitrogens is 2. The first kappa shape index (κ1) is 15.4. The Morgan fingerprint density at radius 1 is 1.19 bits per heavy atom. The molecule has 1 N–H and O–H groups in total. The van der Waals surface area contributed by atoms with Gasteiger partial charge in [0.1, 0.15) is 5.82 Å².